The molecule has 7 heteroatoms. The summed E-state index contributed by atoms with van der Waals surface area (Å²) >= 11 is 1.71. The molecule has 22 heavy (non-hydrogen) atoms. The van der Waals surface area contributed by atoms with Crippen LogP contribution in [0.5, 0.6) is 11.5 Å². The van der Waals surface area contributed by atoms with Crippen LogP contribution in [0.15, 0.2) is 23.2 Å². The summed E-state index contributed by atoms with van der Waals surface area (Å²) in [7, 11) is 3.22. The molecule has 2 rings (SSSR count). The maximum atomic E-state index is 11.8. The molecule has 0 aromatic heterocycles. The van der Waals surface area contributed by atoms with Crippen molar-refractivity contribution in [2.45, 2.75) is 18.9 Å². The molecule has 1 aromatic carbocycles. The Balaban J connectivity index is 2.10. The number of ether oxygens (including phenoxy) is 2. The van der Waals surface area contributed by atoms with Gasteiger partial charge in [-0.1, -0.05) is 6.07 Å². The number of hydrogen-bond donors (Lipinski definition) is 2. The molecule has 1 amide bonds. The Morgan fingerprint density at radius 2 is 2.00 bits per heavy atom. The molecule has 1 atom stereocenters. The van der Waals surface area contributed by atoms with E-state index in [0.29, 0.717) is 17.9 Å². The number of hydrazine groups is 1. The van der Waals surface area contributed by atoms with Crippen LogP contribution >= 0.6 is 11.8 Å². The van der Waals surface area contributed by atoms with E-state index >= 15 is 0 Å². The number of carbonyl (C=O) groups is 1. The maximum absolute atomic E-state index is 11.8. The number of amides is 1. The second-order valence-corrected chi connectivity index (χ2v) is 5.84. The van der Waals surface area contributed by atoms with Gasteiger partial charge in [0, 0.05) is 6.42 Å². The maximum Gasteiger partial charge on any atom is 0.263 e. The summed E-state index contributed by atoms with van der Waals surface area (Å²) in [6.45, 7) is 0. The smallest absolute Gasteiger partial charge is 0.263 e. The second-order valence-electron chi connectivity index (χ2n) is 4.85. The van der Waals surface area contributed by atoms with Gasteiger partial charge in [-0.3, -0.25) is 20.6 Å². The topological polar surface area (TPSA) is 72.0 Å². The first kappa shape index (κ1) is 16.5. The molecule has 1 aromatic rings. The van der Waals surface area contributed by atoms with Crippen molar-refractivity contribution in [2.24, 2.45) is 4.99 Å². The van der Waals surface area contributed by atoms with Crippen LogP contribution in [0.2, 0.25) is 0 Å². The SMILES string of the molecule is COc1ccc(CC2=NC(CCSC)C(=O)NN2)cc1OC. The van der Waals surface area contributed by atoms with Crippen LogP contribution in [-0.2, 0) is 11.2 Å². The minimum Gasteiger partial charge on any atom is -0.493 e. The average molecular weight is 323 g/mol. The number of thioether (sulfide) groups is 1. The van der Waals surface area contributed by atoms with Crippen molar-refractivity contribution < 1.29 is 14.3 Å². The molecule has 6 nitrogen and oxygen atoms in total. The van der Waals surface area contributed by atoms with Gasteiger partial charge in [0.25, 0.3) is 5.91 Å². The summed E-state index contributed by atoms with van der Waals surface area (Å²) in [5.41, 5.74) is 6.57. The van der Waals surface area contributed by atoms with E-state index in [0.717, 1.165) is 23.6 Å². The first-order chi connectivity index (χ1) is 10.7. The van der Waals surface area contributed by atoms with Gasteiger partial charge in [-0.25, -0.2) is 0 Å². The zero-order valence-corrected chi connectivity index (χ0v) is 13.8. The minimum absolute atomic E-state index is 0.0786. The number of rotatable bonds is 7. The monoisotopic (exact) mass is 323 g/mol. The molecule has 1 aliphatic heterocycles. The van der Waals surface area contributed by atoms with Crippen LogP contribution in [-0.4, -0.2) is 44.0 Å². The van der Waals surface area contributed by atoms with Gasteiger partial charge < -0.3 is 9.47 Å². The van der Waals surface area contributed by atoms with E-state index < -0.39 is 0 Å². The van der Waals surface area contributed by atoms with Crippen LogP contribution < -0.4 is 20.3 Å². The Morgan fingerprint density at radius 3 is 2.68 bits per heavy atom. The summed E-state index contributed by atoms with van der Waals surface area (Å²) < 4.78 is 10.5. The van der Waals surface area contributed by atoms with Gasteiger partial charge in [0.15, 0.2) is 11.5 Å². The third kappa shape index (κ3) is 4.07. The van der Waals surface area contributed by atoms with Crippen molar-refractivity contribution in [3.8, 4) is 11.5 Å². The van der Waals surface area contributed by atoms with Crippen LogP contribution in [0.25, 0.3) is 0 Å². The molecule has 2 N–H and O–H groups in total. The molecule has 0 radical (unpaired) electrons. The zero-order chi connectivity index (χ0) is 15.9. The van der Waals surface area contributed by atoms with E-state index in [9.17, 15) is 4.79 Å². The van der Waals surface area contributed by atoms with Crippen LogP contribution in [0.3, 0.4) is 0 Å². The van der Waals surface area contributed by atoms with Crippen molar-refractivity contribution in [1.82, 2.24) is 10.9 Å². The van der Waals surface area contributed by atoms with Gasteiger partial charge in [-0.05, 0) is 36.1 Å². The lowest BCUT2D eigenvalue weighted by molar-refractivity contribution is -0.123. The summed E-state index contributed by atoms with van der Waals surface area (Å²) in [5, 5.41) is 0. The predicted octanol–water partition coefficient (Wildman–Crippen LogP) is 1.40. The average Bonchev–Trinajstić information content (AvgIpc) is 2.55. The molecule has 0 saturated carbocycles. The fourth-order valence-corrected chi connectivity index (χ4v) is 2.65. The Morgan fingerprint density at radius 1 is 1.23 bits per heavy atom. The van der Waals surface area contributed by atoms with Crippen molar-refractivity contribution >= 4 is 23.5 Å². The minimum atomic E-state index is -0.316. The Labute approximate surface area is 134 Å². The number of nitrogens with zero attached hydrogens (tertiary/aromatic N) is 1. The number of amidine groups is 1. The van der Waals surface area contributed by atoms with Gasteiger partial charge in [0.2, 0.25) is 0 Å². The standard InChI is InChI=1S/C15H21N3O3S/c1-20-12-5-4-10(8-13(12)21-2)9-14-16-11(6-7-22-3)15(19)18-17-14/h4-5,8,11H,6-7,9H2,1-3H3,(H,16,17)(H,18,19). The number of aliphatic imine (C=N–C) groups is 1. The molecule has 1 unspecified atom stereocenters. The summed E-state index contributed by atoms with van der Waals surface area (Å²) in [4.78, 5) is 16.3. The quantitative estimate of drug-likeness (QED) is 0.794. The molecule has 0 spiro atoms. The highest BCUT2D eigenvalue weighted by Gasteiger charge is 2.22. The van der Waals surface area contributed by atoms with Gasteiger partial charge in [-0.2, -0.15) is 11.8 Å². The summed E-state index contributed by atoms with van der Waals surface area (Å²) in [5.74, 6) is 2.95. The van der Waals surface area contributed by atoms with E-state index in [2.05, 4.69) is 15.8 Å². The molecule has 0 bridgehead atoms. The number of hydrogen-bond acceptors (Lipinski definition) is 6. The fraction of sp³-hybridized carbons (Fsp3) is 0.467. The molecular weight excluding hydrogens is 302 g/mol. The number of benzene rings is 1. The number of nitrogens with one attached hydrogen (secondary N) is 2. The Kier molecular flexibility index (Phi) is 5.94. The van der Waals surface area contributed by atoms with Crippen molar-refractivity contribution in [3.05, 3.63) is 23.8 Å². The third-order valence-corrected chi connectivity index (χ3v) is 4.00. The van der Waals surface area contributed by atoms with Crippen molar-refractivity contribution in [1.29, 1.82) is 0 Å². The number of methoxy groups -OCH3 is 2. The highest BCUT2D eigenvalue weighted by Crippen LogP contribution is 2.27. The molecular formula is C15H21N3O3S. The second kappa shape index (κ2) is 7.93. The van der Waals surface area contributed by atoms with E-state index in [4.69, 9.17) is 9.47 Å². The van der Waals surface area contributed by atoms with E-state index in [-0.39, 0.29) is 11.9 Å². The Bertz CT molecular complexity index is 563. The van der Waals surface area contributed by atoms with Gasteiger partial charge in [0.05, 0.1) is 14.2 Å². The van der Waals surface area contributed by atoms with Gasteiger partial charge in [-0.15, -0.1) is 0 Å². The lowest BCUT2D eigenvalue weighted by Gasteiger charge is -2.22. The molecule has 0 aliphatic carbocycles. The predicted molar refractivity (Wildman–Crippen MR) is 88.8 cm³/mol. The first-order valence-corrected chi connectivity index (χ1v) is 8.39. The summed E-state index contributed by atoms with van der Waals surface area (Å²) in [6.07, 6.45) is 3.35. The molecule has 0 saturated heterocycles. The van der Waals surface area contributed by atoms with Gasteiger partial charge in [0.1, 0.15) is 11.9 Å². The Hall–Kier alpha value is -1.89. The third-order valence-electron chi connectivity index (χ3n) is 3.36. The molecule has 1 heterocycles. The van der Waals surface area contributed by atoms with E-state index in [1.807, 2.05) is 24.5 Å². The lowest BCUT2D eigenvalue weighted by atomic mass is 10.1. The molecule has 120 valence electrons. The largest absolute Gasteiger partial charge is 0.493 e. The van der Waals surface area contributed by atoms with Crippen molar-refractivity contribution in [2.75, 3.05) is 26.2 Å². The highest BCUT2D eigenvalue weighted by molar-refractivity contribution is 7.98. The molecule has 0 fully saturated rings. The van der Waals surface area contributed by atoms with Crippen LogP contribution in [0, 0.1) is 0 Å². The first-order valence-electron chi connectivity index (χ1n) is 7.00. The van der Waals surface area contributed by atoms with Crippen molar-refractivity contribution in [3.63, 3.8) is 0 Å². The summed E-state index contributed by atoms with van der Waals surface area (Å²) in [6, 6.07) is 5.42. The normalized spacial score (nSPS) is 17.3. The zero-order valence-electron chi connectivity index (χ0n) is 13.0. The van der Waals surface area contributed by atoms with Gasteiger partial charge >= 0.3 is 0 Å². The highest BCUT2D eigenvalue weighted by atomic mass is 32.2. The van der Waals surface area contributed by atoms with E-state index in [1.54, 1.807) is 26.0 Å². The lowest BCUT2D eigenvalue weighted by Crippen LogP contribution is -2.51. The fourth-order valence-electron chi connectivity index (χ4n) is 2.19. The van der Waals surface area contributed by atoms with E-state index in [1.165, 1.54) is 0 Å². The molecule has 1 aliphatic rings. The number of carbonyl (C=O) groups excluding carboxylic acids is 1. The van der Waals surface area contributed by atoms with Crippen LogP contribution in [0.1, 0.15) is 12.0 Å². The van der Waals surface area contributed by atoms with Crippen LogP contribution in [0.4, 0.5) is 0 Å².